The zero-order valence-corrected chi connectivity index (χ0v) is 12.6. The second-order valence-electron chi connectivity index (χ2n) is 5.40. The maximum atomic E-state index is 12.8. The number of benzene rings is 1. The van der Waals surface area contributed by atoms with E-state index in [1.807, 2.05) is 29.2 Å². The SMILES string of the molecule is CCC1CCCCN1C(=O)c1sc2ccccc2c1N. The Bertz CT molecular complexity index is 634. The fourth-order valence-corrected chi connectivity index (χ4v) is 4.13. The molecule has 3 nitrogen and oxygen atoms in total. The Balaban J connectivity index is 1.97. The maximum absolute atomic E-state index is 12.8. The standard InChI is InChI=1S/C16H20N2OS/c1-2-11-7-5-6-10-18(11)16(19)15-14(17)12-8-3-4-9-13(12)20-15/h3-4,8-9,11H,2,5-7,10,17H2,1H3. The first-order valence-corrected chi connectivity index (χ1v) is 8.12. The van der Waals surface area contributed by atoms with E-state index in [-0.39, 0.29) is 5.91 Å². The van der Waals surface area contributed by atoms with Crippen LogP contribution >= 0.6 is 11.3 Å². The van der Waals surface area contributed by atoms with E-state index < -0.39 is 0 Å². The van der Waals surface area contributed by atoms with Crippen LogP contribution in [0.3, 0.4) is 0 Å². The van der Waals surface area contributed by atoms with Crippen LogP contribution in [0.4, 0.5) is 5.69 Å². The summed E-state index contributed by atoms with van der Waals surface area (Å²) in [5.74, 6) is 0.121. The maximum Gasteiger partial charge on any atom is 0.266 e. The molecule has 0 saturated carbocycles. The molecule has 4 heteroatoms. The van der Waals surface area contributed by atoms with Gasteiger partial charge >= 0.3 is 0 Å². The number of nitrogens with zero attached hydrogens (tertiary/aromatic N) is 1. The number of nitrogens with two attached hydrogens (primary N) is 1. The van der Waals surface area contributed by atoms with Gasteiger partial charge in [0.2, 0.25) is 0 Å². The van der Waals surface area contributed by atoms with Crippen LogP contribution in [0.25, 0.3) is 10.1 Å². The zero-order valence-electron chi connectivity index (χ0n) is 11.8. The fourth-order valence-electron chi connectivity index (χ4n) is 3.05. The summed E-state index contributed by atoms with van der Waals surface area (Å²) in [5, 5.41) is 1.01. The van der Waals surface area contributed by atoms with Crippen molar-refractivity contribution in [3.8, 4) is 0 Å². The molecule has 0 spiro atoms. The van der Waals surface area contributed by atoms with Crippen molar-refractivity contribution in [2.24, 2.45) is 0 Å². The van der Waals surface area contributed by atoms with Gasteiger partial charge in [-0.3, -0.25) is 4.79 Å². The van der Waals surface area contributed by atoms with Crippen molar-refractivity contribution in [1.82, 2.24) is 4.90 Å². The second kappa shape index (κ2) is 5.44. The Morgan fingerprint density at radius 2 is 2.20 bits per heavy atom. The van der Waals surface area contributed by atoms with Gasteiger partial charge in [0.15, 0.2) is 0 Å². The number of thiophene rings is 1. The molecule has 1 unspecified atom stereocenters. The number of anilines is 1. The summed E-state index contributed by atoms with van der Waals surface area (Å²) in [7, 11) is 0. The van der Waals surface area contributed by atoms with E-state index in [0.717, 1.165) is 35.9 Å². The molecule has 1 amide bonds. The molecule has 1 aromatic heterocycles. The largest absolute Gasteiger partial charge is 0.397 e. The summed E-state index contributed by atoms with van der Waals surface area (Å²) < 4.78 is 1.10. The van der Waals surface area contributed by atoms with Crippen LogP contribution in [0.2, 0.25) is 0 Å². The number of hydrogen-bond acceptors (Lipinski definition) is 3. The van der Waals surface area contributed by atoms with Gasteiger partial charge in [-0.05, 0) is 31.7 Å². The highest BCUT2D eigenvalue weighted by atomic mass is 32.1. The van der Waals surface area contributed by atoms with Gasteiger partial charge in [-0.2, -0.15) is 0 Å². The average Bonchev–Trinajstić information content (AvgIpc) is 2.84. The van der Waals surface area contributed by atoms with E-state index >= 15 is 0 Å². The molecule has 0 radical (unpaired) electrons. The van der Waals surface area contributed by atoms with Gasteiger partial charge < -0.3 is 10.6 Å². The molecule has 2 heterocycles. The van der Waals surface area contributed by atoms with Gasteiger partial charge in [-0.15, -0.1) is 11.3 Å². The van der Waals surface area contributed by atoms with Crippen molar-refractivity contribution < 1.29 is 4.79 Å². The van der Waals surface area contributed by atoms with Crippen molar-refractivity contribution in [1.29, 1.82) is 0 Å². The van der Waals surface area contributed by atoms with Crippen molar-refractivity contribution in [3.05, 3.63) is 29.1 Å². The third-order valence-electron chi connectivity index (χ3n) is 4.19. The van der Waals surface area contributed by atoms with E-state index in [1.165, 1.54) is 17.8 Å². The van der Waals surface area contributed by atoms with E-state index in [9.17, 15) is 4.79 Å². The van der Waals surface area contributed by atoms with Crippen LogP contribution in [0.15, 0.2) is 24.3 Å². The van der Waals surface area contributed by atoms with Crippen molar-refractivity contribution >= 4 is 33.0 Å². The number of likely N-dealkylation sites (tertiary alicyclic amines) is 1. The number of carbonyl (C=O) groups is 1. The first kappa shape index (κ1) is 13.4. The normalized spacial score (nSPS) is 19.4. The number of hydrogen-bond donors (Lipinski definition) is 1. The molecule has 2 aromatic rings. The van der Waals surface area contributed by atoms with Gasteiger partial charge in [0.25, 0.3) is 5.91 Å². The molecule has 1 atom stereocenters. The Morgan fingerprint density at radius 1 is 1.40 bits per heavy atom. The van der Waals surface area contributed by atoms with Crippen molar-refractivity contribution in [2.75, 3.05) is 12.3 Å². The zero-order chi connectivity index (χ0) is 14.1. The molecular formula is C16H20N2OS. The average molecular weight is 288 g/mol. The molecule has 3 rings (SSSR count). The molecule has 1 fully saturated rings. The van der Waals surface area contributed by atoms with Gasteiger partial charge in [-0.25, -0.2) is 0 Å². The summed E-state index contributed by atoms with van der Waals surface area (Å²) in [6.45, 7) is 3.02. The monoisotopic (exact) mass is 288 g/mol. The fraction of sp³-hybridized carbons (Fsp3) is 0.438. The van der Waals surface area contributed by atoms with Gasteiger partial charge in [-0.1, -0.05) is 25.1 Å². The lowest BCUT2D eigenvalue weighted by Gasteiger charge is -2.35. The number of rotatable bonds is 2. The number of piperidine rings is 1. The van der Waals surface area contributed by atoms with Crippen molar-refractivity contribution in [3.63, 3.8) is 0 Å². The molecule has 20 heavy (non-hydrogen) atoms. The van der Waals surface area contributed by atoms with Crippen LogP contribution in [0, 0.1) is 0 Å². The molecular weight excluding hydrogens is 268 g/mol. The lowest BCUT2D eigenvalue weighted by atomic mass is 9.99. The lowest BCUT2D eigenvalue weighted by Crippen LogP contribution is -2.43. The number of fused-ring (bicyclic) bond motifs is 1. The topological polar surface area (TPSA) is 46.3 Å². The highest BCUT2D eigenvalue weighted by Crippen LogP contribution is 2.35. The summed E-state index contributed by atoms with van der Waals surface area (Å²) in [4.78, 5) is 15.6. The molecule has 1 aliphatic rings. The molecule has 1 saturated heterocycles. The number of carbonyl (C=O) groups excluding carboxylic acids is 1. The minimum atomic E-state index is 0.121. The van der Waals surface area contributed by atoms with E-state index in [2.05, 4.69) is 6.92 Å². The third kappa shape index (κ3) is 2.18. The molecule has 1 aromatic carbocycles. The molecule has 1 aliphatic heterocycles. The highest BCUT2D eigenvalue weighted by molar-refractivity contribution is 7.21. The van der Waals surface area contributed by atoms with E-state index in [0.29, 0.717) is 16.6 Å². The Morgan fingerprint density at radius 3 is 2.95 bits per heavy atom. The van der Waals surface area contributed by atoms with Crippen LogP contribution < -0.4 is 5.73 Å². The minimum Gasteiger partial charge on any atom is -0.397 e. The van der Waals surface area contributed by atoms with Gasteiger partial charge in [0.1, 0.15) is 4.88 Å². The summed E-state index contributed by atoms with van der Waals surface area (Å²) in [6.07, 6.45) is 4.47. The smallest absolute Gasteiger partial charge is 0.266 e. The van der Waals surface area contributed by atoms with E-state index in [1.54, 1.807) is 0 Å². The molecule has 0 bridgehead atoms. The highest BCUT2D eigenvalue weighted by Gasteiger charge is 2.28. The van der Waals surface area contributed by atoms with Crippen molar-refractivity contribution in [2.45, 2.75) is 38.6 Å². The van der Waals surface area contributed by atoms with Crippen LogP contribution in [0.1, 0.15) is 42.3 Å². The predicted molar refractivity (Wildman–Crippen MR) is 85.2 cm³/mol. The number of amides is 1. The number of nitrogen functional groups attached to an aromatic ring is 1. The minimum absolute atomic E-state index is 0.121. The van der Waals surface area contributed by atoms with E-state index in [4.69, 9.17) is 5.73 Å². The molecule has 0 aliphatic carbocycles. The molecule has 2 N–H and O–H groups in total. The predicted octanol–water partition coefficient (Wildman–Crippen LogP) is 3.89. The van der Waals surface area contributed by atoms with Crippen LogP contribution in [-0.2, 0) is 0 Å². The quantitative estimate of drug-likeness (QED) is 0.911. The first-order valence-electron chi connectivity index (χ1n) is 7.30. The van der Waals surface area contributed by atoms with Crippen LogP contribution in [-0.4, -0.2) is 23.4 Å². The van der Waals surface area contributed by atoms with Gasteiger partial charge in [0, 0.05) is 22.7 Å². The van der Waals surface area contributed by atoms with Crippen LogP contribution in [0.5, 0.6) is 0 Å². The Hall–Kier alpha value is -1.55. The second-order valence-corrected chi connectivity index (χ2v) is 6.45. The molecule has 106 valence electrons. The van der Waals surface area contributed by atoms with Gasteiger partial charge in [0.05, 0.1) is 5.69 Å². The third-order valence-corrected chi connectivity index (χ3v) is 5.36. The first-order chi connectivity index (χ1) is 9.72. The Labute approximate surface area is 123 Å². The Kier molecular flexibility index (Phi) is 3.66. The summed E-state index contributed by atoms with van der Waals surface area (Å²) in [5.41, 5.74) is 6.85. The summed E-state index contributed by atoms with van der Waals surface area (Å²) >= 11 is 1.52. The summed E-state index contributed by atoms with van der Waals surface area (Å²) in [6, 6.07) is 8.35. The lowest BCUT2D eigenvalue weighted by molar-refractivity contribution is 0.0614.